The minimum Gasteiger partial charge on any atom is -0.444 e. The number of nitrogens with zero attached hydrogens (tertiary/aromatic N) is 2. The van der Waals surface area contributed by atoms with Crippen molar-refractivity contribution in [3.05, 3.63) is 18.2 Å². The topological polar surface area (TPSA) is 63.3 Å². The second kappa shape index (κ2) is 7.96. The molecule has 0 aliphatic carbocycles. The van der Waals surface area contributed by atoms with Crippen molar-refractivity contribution in [1.29, 1.82) is 0 Å². The first-order chi connectivity index (χ1) is 13.8. The van der Waals surface area contributed by atoms with Crippen LogP contribution in [0.1, 0.15) is 48.5 Å². The van der Waals surface area contributed by atoms with Crippen molar-refractivity contribution < 1.29 is 18.8 Å². The number of benzene rings is 1. The standard InChI is InChI=1S/C22H36BN3O4/c1-20(2,3)28-19(27)26-13-11-25(12-14-26)18-10-9-16(15-17(18)24-8)23-29-21(4,5)22(6,7)30-23/h9-10,15,24H,11-14H2,1-8H3. The van der Waals surface area contributed by atoms with Crippen LogP contribution in [0.5, 0.6) is 0 Å². The van der Waals surface area contributed by atoms with Gasteiger partial charge >= 0.3 is 13.2 Å². The van der Waals surface area contributed by atoms with Gasteiger partial charge in [-0.25, -0.2) is 4.79 Å². The first-order valence-corrected chi connectivity index (χ1v) is 10.7. The lowest BCUT2D eigenvalue weighted by Gasteiger charge is -2.37. The van der Waals surface area contributed by atoms with Gasteiger partial charge in [-0.2, -0.15) is 0 Å². The van der Waals surface area contributed by atoms with Crippen LogP contribution in [0.2, 0.25) is 0 Å². The number of hydrogen-bond acceptors (Lipinski definition) is 6. The van der Waals surface area contributed by atoms with Gasteiger partial charge in [-0.15, -0.1) is 0 Å². The van der Waals surface area contributed by atoms with Crippen LogP contribution in [0.15, 0.2) is 18.2 Å². The Bertz CT molecular complexity index is 767. The van der Waals surface area contributed by atoms with E-state index in [1.165, 1.54) is 0 Å². The molecule has 0 atom stereocenters. The molecule has 1 aromatic rings. The molecule has 8 heteroatoms. The van der Waals surface area contributed by atoms with Gasteiger partial charge in [0.2, 0.25) is 0 Å². The van der Waals surface area contributed by atoms with Crippen LogP contribution in [0, 0.1) is 0 Å². The Hall–Kier alpha value is -1.93. The molecular formula is C22H36BN3O4. The lowest BCUT2D eigenvalue weighted by Crippen LogP contribution is -2.50. The minimum absolute atomic E-state index is 0.243. The predicted octanol–water partition coefficient (Wildman–Crippen LogP) is 3.08. The molecule has 2 aliphatic rings. The van der Waals surface area contributed by atoms with Crippen LogP contribution < -0.4 is 15.7 Å². The Morgan fingerprint density at radius 3 is 2.13 bits per heavy atom. The first kappa shape index (κ1) is 22.8. The Morgan fingerprint density at radius 2 is 1.63 bits per heavy atom. The van der Waals surface area contributed by atoms with Crippen LogP contribution in [0.3, 0.4) is 0 Å². The predicted molar refractivity (Wildman–Crippen MR) is 122 cm³/mol. The summed E-state index contributed by atoms with van der Waals surface area (Å²) in [5.74, 6) is 0. The lowest BCUT2D eigenvalue weighted by atomic mass is 9.78. The molecule has 2 heterocycles. The zero-order chi connectivity index (χ0) is 22.3. The molecule has 2 fully saturated rings. The number of carbonyl (C=O) groups excluding carboxylic acids is 1. The molecule has 0 spiro atoms. The van der Waals surface area contributed by atoms with Crippen molar-refractivity contribution in [2.75, 3.05) is 43.4 Å². The van der Waals surface area contributed by atoms with Gasteiger partial charge in [0.05, 0.1) is 22.6 Å². The highest BCUT2D eigenvalue weighted by Gasteiger charge is 2.51. The third-order valence-electron chi connectivity index (χ3n) is 6.09. The fourth-order valence-electron chi connectivity index (χ4n) is 3.61. The van der Waals surface area contributed by atoms with Gasteiger partial charge in [0.1, 0.15) is 5.60 Å². The maximum absolute atomic E-state index is 12.3. The second-order valence-corrected chi connectivity index (χ2v) is 10.1. The number of ether oxygens (including phenoxy) is 1. The Kier molecular flexibility index (Phi) is 6.04. The van der Waals surface area contributed by atoms with Crippen LogP contribution in [0.4, 0.5) is 16.2 Å². The van der Waals surface area contributed by atoms with E-state index in [9.17, 15) is 4.79 Å². The first-order valence-electron chi connectivity index (χ1n) is 10.7. The SMILES string of the molecule is CNc1cc(B2OC(C)(C)C(C)(C)O2)ccc1N1CCN(C(=O)OC(C)(C)C)CC1. The minimum atomic E-state index is -0.475. The summed E-state index contributed by atoms with van der Waals surface area (Å²) in [6.45, 7) is 16.7. The quantitative estimate of drug-likeness (QED) is 0.763. The van der Waals surface area contributed by atoms with E-state index in [2.05, 4.69) is 56.1 Å². The molecular weight excluding hydrogens is 381 g/mol. The number of hydrogen-bond donors (Lipinski definition) is 1. The fourth-order valence-corrected chi connectivity index (χ4v) is 3.61. The molecule has 0 saturated carbocycles. The van der Waals surface area contributed by atoms with Crippen molar-refractivity contribution in [2.45, 2.75) is 65.3 Å². The van der Waals surface area contributed by atoms with E-state index in [4.69, 9.17) is 14.0 Å². The summed E-state index contributed by atoms with van der Waals surface area (Å²) < 4.78 is 17.9. The molecule has 166 valence electrons. The summed E-state index contributed by atoms with van der Waals surface area (Å²) in [6.07, 6.45) is -0.243. The molecule has 0 aromatic heterocycles. The zero-order valence-corrected chi connectivity index (χ0v) is 19.7. The zero-order valence-electron chi connectivity index (χ0n) is 19.7. The number of carbonyl (C=O) groups is 1. The van der Waals surface area contributed by atoms with E-state index >= 15 is 0 Å². The summed E-state index contributed by atoms with van der Waals surface area (Å²) in [6, 6.07) is 6.27. The van der Waals surface area contributed by atoms with Crippen molar-refractivity contribution in [3.63, 3.8) is 0 Å². The van der Waals surface area contributed by atoms with Gasteiger partial charge in [0.15, 0.2) is 0 Å². The third-order valence-corrected chi connectivity index (χ3v) is 6.09. The smallest absolute Gasteiger partial charge is 0.444 e. The highest BCUT2D eigenvalue weighted by molar-refractivity contribution is 6.62. The number of piperazine rings is 1. The Morgan fingerprint density at radius 1 is 1.07 bits per heavy atom. The molecule has 2 saturated heterocycles. The van der Waals surface area contributed by atoms with Gasteiger partial charge in [-0.3, -0.25) is 0 Å². The molecule has 0 bridgehead atoms. The van der Waals surface area contributed by atoms with Crippen molar-refractivity contribution in [3.8, 4) is 0 Å². The van der Waals surface area contributed by atoms with Gasteiger partial charge in [-0.1, -0.05) is 6.07 Å². The van der Waals surface area contributed by atoms with Gasteiger partial charge < -0.3 is 29.2 Å². The van der Waals surface area contributed by atoms with E-state index in [-0.39, 0.29) is 24.4 Å². The number of nitrogens with one attached hydrogen (secondary N) is 1. The van der Waals surface area contributed by atoms with Crippen LogP contribution in [0.25, 0.3) is 0 Å². The maximum atomic E-state index is 12.3. The largest absolute Gasteiger partial charge is 0.494 e. The highest BCUT2D eigenvalue weighted by Crippen LogP contribution is 2.37. The summed E-state index contributed by atoms with van der Waals surface area (Å²) in [4.78, 5) is 16.4. The molecule has 2 aliphatic heterocycles. The average Bonchev–Trinajstić information content (AvgIpc) is 2.87. The molecule has 0 unspecified atom stereocenters. The molecule has 7 nitrogen and oxygen atoms in total. The fraction of sp³-hybridized carbons (Fsp3) is 0.682. The summed E-state index contributed by atoms with van der Waals surface area (Å²) in [7, 11) is 1.53. The lowest BCUT2D eigenvalue weighted by molar-refractivity contribution is 0.00578. The second-order valence-electron chi connectivity index (χ2n) is 10.1. The molecule has 30 heavy (non-hydrogen) atoms. The monoisotopic (exact) mass is 417 g/mol. The number of amides is 1. The van der Waals surface area contributed by atoms with Crippen molar-refractivity contribution >= 4 is 30.0 Å². The van der Waals surface area contributed by atoms with E-state index in [0.717, 1.165) is 29.9 Å². The van der Waals surface area contributed by atoms with Crippen molar-refractivity contribution in [2.24, 2.45) is 0 Å². The van der Waals surface area contributed by atoms with E-state index < -0.39 is 5.60 Å². The summed E-state index contributed by atoms with van der Waals surface area (Å²) >= 11 is 0. The molecule has 1 N–H and O–H groups in total. The Balaban J connectivity index is 1.69. The molecule has 3 rings (SSSR count). The van der Waals surface area contributed by atoms with E-state index in [0.29, 0.717) is 13.1 Å². The molecule has 1 aromatic carbocycles. The maximum Gasteiger partial charge on any atom is 0.494 e. The number of anilines is 2. The van der Waals surface area contributed by atoms with Crippen LogP contribution in [-0.2, 0) is 14.0 Å². The normalized spacial score (nSPS) is 21.0. The van der Waals surface area contributed by atoms with Crippen molar-refractivity contribution in [1.82, 2.24) is 4.90 Å². The van der Waals surface area contributed by atoms with Gasteiger partial charge in [0, 0.05) is 33.2 Å². The Labute approximate surface area is 181 Å². The molecule has 1 amide bonds. The average molecular weight is 417 g/mol. The highest BCUT2D eigenvalue weighted by atomic mass is 16.7. The van der Waals surface area contributed by atoms with Gasteiger partial charge in [0.25, 0.3) is 0 Å². The van der Waals surface area contributed by atoms with Crippen LogP contribution in [-0.4, -0.2) is 68.1 Å². The summed E-state index contributed by atoms with van der Waals surface area (Å²) in [5, 5.41) is 3.31. The van der Waals surface area contributed by atoms with E-state index in [1.807, 2.05) is 27.8 Å². The van der Waals surface area contributed by atoms with E-state index in [1.54, 1.807) is 4.90 Å². The van der Waals surface area contributed by atoms with Gasteiger partial charge in [-0.05, 0) is 66.1 Å². The number of rotatable bonds is 3. The summed E-state index contributed by atoms with van der Waals surface area (Å²) in [5.41, 5.74) is 1.92. The molecule has 0 radical (unpaired) electrons. The van der Waals surface area contributed by atoms with Crippen LogP contribution >= 0.6 is 0 Å². The third kappa shape index (κ3) is 4.70.